The quantitative estimate of drug-likeness (QED) is 0.174. The first-order valence-electron chi connectivity index (χ1n) is 27.8. The van der Waals surface area contributed by atoms with Crippen LogP contribution in [0.1, 0.15) is 197 Å². The summed E-state index contributed by atoms with van der Waals surface area (Å²) in [7, 11) is 0.653. The Morgan fingerprint density at radius 1 is 0.318 bits per heavy atom. The first-order valence-corrected chi connectivity index (χ1v) is 27.8. The summed E-state index contributed by atoms with van der Waals surface area (Å²) in [6.45, 7) is 23.8. The largest absolute Gasteiger partial charge is 0.460 e. The van der Waals surface area contributed by atoms with Crippen LogP contribution in [0, 0.1) is 0 Å². The van der Waals surface area contributed by atoms with E-state index in [-0.39, 0.29) is 42.7 Å². The first-order chi connectivity index (χ1) is 32.2. The molecule has 6 aliphatic heterocycles. The van der Waals surface area contributed by atoms with Crippen molar-refractivity contribution in [2.45, 2.75) is 270 Å². The summed E-state index contributed by atoms with van der Waals surface area (Å²) in [4.78, 5) is 0. The topological polar surface area (TPSA) is 111 Å². The maximum atomic E-state index is 5.83. The van der Waals surface area contributed by atoms with Gasteiger partial charge in [-0.25, -0.2) is 0 Å². The molecule has 0 spiro atoms. The van der Waals surface area contributed by atoms with Gasteiger partial charge in [-0.3, -0.25) is 0 Å². The van der Waals surface area contributed by atoms with E-state index in [0.717, 1.165) is 97.1 Å². The van der Waals surface area contributed by atoms with Crippen LogP contribution in [0.3, 0.4) is 0 Å². The highest BCUT2D eigenvalue weighted by Crippen LogP contribution is 2.36. The number of hydrogen-bond acceptors (Lipinski definition) is 12. The summed E-state index contributed by atoms with van der Waals surface area (Å²) in [5.74, 6) is 2.05. The Hall–Kier alpha value is -0.0904. The molecule has 378 valence electrons. The van der Waals surface area contributed by atoms with Gasteiger partial charge in [0.2, 0.25) is 0 Å². The van der Waals surface area contributed by atoms with Crippen molar-refractivity contribution in [2.75, 3.05) is 39.6 Å². The smallest absolute Gasteiger partial charge is 0.408 e. The predicted octanol–water partition coefficient (Wildman–Crippen LogP) is 11.9. The van der Waals surface area contributed by atoms with Crippen LogP contribution in [-0.4, -0.2) is 119 Å². The molecule has 3 saturated carbocycles. The van der Waals surface area contributed by atoms with E-state index in [1.54, 1.807) is 0 Å². The monoisotopic (exact) mass is 931 g/mol. The van der Waals surface area contributed by atoms with Crippen molar-refractivity contribution in [3.63, 3.8) is 0 Å². The molecule has 0 aromatic heterocycles. The second kappa shape index (κ2) is 35.1. The molecule has 6 atom stereocenters. The van der Waals surface area contributed by atoms with E-state index >= 15 is 0 Å². The minimum atomic E-state index is 0.0880. The molecule has 0 radical (unpaired) electrons. The fraction of sp³-hybridized carbons (Fsp3) is 1.00. The van der Waals surface area contributed by atoms with Crippen molar-refractivity contribution >= 4 is 42.7 Å². The van der Waals surface area contributed by atoms with Gasteiger partial charge in [0.15, 0.2) is 0 Å². The maximum absolute atomic E-state index is 5.83. The lowest BCUT2D eigenvalue weighted by molar-refractivity contribution is 0.225. The molecule has 0 bridgehead atoms. The zero-order valence-electron chi connectivity index (χ0n) is 43.8. The molecule has 0 aromatic carbocycles. The highest BCUT2D eigenvalue weighted by molar-refractivity contribution is 6.48. The molecule has 66 heavy (non-hydrogen) atoms. The Balaban J connectivity index is 0.000000174. The molecule has 0 amide bonds. The van der Waals surface area contributed by atoms with E-state index in [9.17, 15) is 0 Å². The van der Waals surface area contributed by atoms with E-state index in [1.807, 2.05) is 6.92 Å². The van der Waals surface area contributed by atoms with Crippen LogP contribution in [-0.2, 0) is 55.9 Å². The predicted molar refractivity (Wildman–Crippen MR) is 273 cm³/mol. The summed E-state index contributed by atoms with van der Waals surface area (Å²) >= 11 is 0. The Kier molecular flexibility index (Phi) is 31.1. The molecular formula is C48H96B6O12. The van der Waals surface area contributed by atoms with Gasteiger partial charge < -0.3 is 55.9 Å². The van der Waals surface area contributed by atoms with Crippen LogP contribution < -0.4 is 0 Å². The van der Waals surface area contributed by atoms with Crippen molar-refractivity contribution < 1.29 is 55.9 Å². The van der Waals surface area contributed by atoms with Gasteiger partial charge in [-0.2, -0.15) is 0 Å². The molecule has 0 N–H and O–H groups in total. The zero-order chi connectivity index (χ0) is 47.4. The summed E-state index contributed by atoms with van der Waals surface area (Å²) in [6.07, 6.45) is 32.0. The summed E-state index contributed by atoms with van der Waals surface area (Å²) in [5.41, 5.74) is 0. The lowest BCUT2D eigenvalue weighted by atomic mass is 9.65. The zero-order valence-corrected chi connectivity index (χ0v) is 43.8. The van der Waals surface area contributed by atoms with Gasteiger partial charge in [-0.15, -0.1) is 0 Å². The molecule has 12 nitrogen and oxygen atoms in total. The minimum absolute atomic E-state index is 0.0880. The Labute approximate surface area is 407 Å². The highest BCUT2D eigenvalue weighted by Gasteiger charge is 2.40. The van der Waals surface area contributed by atoms with E-state index in [2.05, 4.69) is 55.4 Å². The molecule has 6 saturated heterocycles. The van der Waals surface area contributed by atoms with Crippen LogP contribution in [0.5, 0.6) is 0 Å². The Morgan fingerprint density at radius 3 is 0.894 bits per heavy atom. The molecule has 18 heteroatoms. The van der Waals surface area contributed by atoms with Gasteiger partial charge in [0, 0.05) is 0 Å². The van der Waals surface area contributed by atoms with Gasteiger partial charge in [0.05, 0.1) is 76.3 Å². The minimum Gasteiger partial charge on any atom is -0.408 e. The van der Waals surface area contributed by atoms with Crippen LogP contribution in [0.15, 0.2) is 0 Å². The average molecular weight is 930 g/mol. The summed E-state index contributed by atoms with van der Waals surface area (Å²) in [6, 6.07) is 0. The van der Waals surface area contributed by atoms with Gasteiger partial charge in [-0.1, -0.05) is 157 Å². The molecule has 9 aliphatic rings. The normalized spacial score (nSPS) is 29.6. The van der Waals surface area contributed by atoms with Gasteiger partial charge in [0.25, 0.3) is 0 Å². The second-order valence-corrected chi connectivity index (χ2v) is 20.3. The summed E-state index contributed by atoms with van der Waals surface area (Å²) in [5, 5.41) is 0. The Bertz CT molecular complexity index is 1110. The molecular weight excluding hydrogens is 833 g/mol. The molecule has 6 heterocycles. The van der Waals surface area contributed by atoms with Crippen molar-refractivity contribution in [3.05, 3.63) is 0 Å². The second-order valence-electron chi connectivity index (χ2n) is 20.3. The third-order valence-corrected chi connectivity index (χ3v) is 14.1. The lowest BCUT2D eigenvalue weighted by Crippen LogP contribution is -2.25. The fourth-order valence-corrected chi connectivity index (χ4v) is 9.91. The highest BCUT2D eigenvalue weighted by atomic mass is 16.7. The van der Waals surface area contributed by atoms with E-state index in [0.29, 0.717) is 54.1 Å². The van der Waals surface area contributed by atoms with Crippen molar-refractivity contribution in [1.29, 1.82) is 0 Å². The molecule has 0 aromatic rings. The summed E-state index contributed by atoms with van der Waals surface area (Å²) < 4.78 is 66.5. The first kappa shape index (κ1) is 58.5. The molecule has 3 aliphatic carbocycles. The fourth-order valence-electron chi connectivity index (χ4n) is 9.91. The van der Waals surface area contributed by atoms with Crippen LogP contribution in [0.2, 0.25) is 36.4 Å². The maximum Gasteiger partial charge on any atom is 0.460 e. The standard InChI is InChI=1S/C10H19BO2.2C9H17BO2.2C7H15BO2.C6H13BO2/c1-2-10-8-12-11(13-10)9-6-4-3-5-7-9;2*1-8-7-11-10(12-8)9-5-3-2-4-6-9;2*1-3-5-8-9-6-7(4-2)10-8;1-3-4-7-8-5-6(2)9-7/h9-10H,2-8H2,1H3;2*8-9H,2-7H2,1H3;2*7H,3-6H2,1-2H3;6H,3-5H2,1-2H3. The van der Waals surface area contributed by atoms with E-state index in [1.165, 1.54) is 96.3 Å². The van der Waals surface area contributed by atoms with Crippen LogP contribution in [0.25, 0.3) is 0 Å². The third kappa shape index (κ3) is 23.0. The van der Waals surface area contributed by atoms with E-state index < -0.39 is 0 Å². The molecule has 6 unspecified atom stereocenters. The third-order valence-electron chi connectivity index (χ3n) is 14.1. The number of hydrogen-bond donors (Lipinski definition) is 0. The average Bonchev–Trinajstić information content (AvgIpc) is 4.24. The number of rotatable bonds is 12. The van der Waals surface area contributed by atoms with Gasteiger partial charge in [-0.05, 0) is 76.4 Å². The molecule has 9 rings (SSSR count). The van der Waals surface area contributed by atoms with Gasteiger partial charge in [0.1, 0.15) is 0 Å². The Morgan fingerprint density at radius 2 is 0.606 bits per heavy atom. The van der Waals surface area contributed by atoms with Crippen molar-refractivity contribution in [1.82, 2.24) is 0 Å². The van der Waals surface area contributed by atoms with Crippen LogP contribution in [0.4, 0.5) is 0 Å². The van der Waals surface area contributed by atoms with Gasteiger partial charge >= 0.3 is 42.7 Å². The van der Waals surface area contributed by atoms with Crippen molar-refractivity contribution in [3.8, 4) is 0 Å². The van der Waals surface area contributed by atoms with Crippen molar-refractivity contribution in [2.24, 2.45) is 0 Å². The molecule has 9 fully saturated rings. The lowest BCUT2D eigenvalue weighted by Gasteiger charge is -2.22. The van der Waals surface area contributed by atoms with Crippen LogP contribution >= 0.6 is 0 Å². The van der Waals surface area contributed by atoms with E-state index in [4.69, 9.17) is 55.9 Å². The SMILES string of the molecule is CC1COB(C2CCCCC2)O1.CC1COB(C2CCCCC2)O1.CCC1COB(C2CCCCC2)O1.CCCB1OCC(C)O1.CCCB1OCC(CC)O1.CCCB1OCC(CC)O1.